The first-order valence-corrected chi connectivity index (χ1v) is 5.96. The van der Waals surface area contributed by atoms with Crippen LogP contribution in [0.2, 0.25) is 0 Å². The van der Waals surface area contributed by atoms with Gasteiger partial charge in [-0.2, -0.15) is 0 Å². The van der Waals surface area contributed by atoms with Gasteiger partial charge in [0.1, 0.15) is 6.04 Å². The Morgan fingerprint density at radius 2 is 1.84 bits per heavy atom. The molecule has 1 aromatic carbocycles. The molecule has 0 aromatic heterocycles. The van der Waals surface area contributed by atoms with Crippen molar-refractivity contribution >= 4 is 18.7 Å². The summed E-state index contributed by atoms with van der Waals surface area (Å²) in [5, 5.41) is 7.57. The van der Waals surface area contributed by atoms with Crippen molar-refractivity contribution in [3.8, 4) is 0 Å². The lowest BCUT2D eigenvalue weighted by Gasteiger charge is -2.16. The van der Waals surface area contributed by atoms with Gasteiger partial charge >= 0.3 is 0 Å². The topological polar surface area (TPSA) is 87.3 Å². The number of benzene rings is 1. The SMILES string of the molecule is O=CNCCNC(=O)[C@@H](Cc1ccccc1)NC=O. The normalized spacial score (nSPS) is 11.2. The van der Waals surface area contributed by atoms with Crippen molar-refractivity contribution < 1.29 is 14.4 Å². The third-order valence-corrected chi connectivity index (χ3v) is 2.52. The number of carbonyl (C=O) groups is 3. The largest absolute Gasteiger partial charge is 0.357 e. The highest BCUT2D eigenvalue weighted by Crippen LogP contribution is 2.03. The number of nitrogens with one attached hydrogen (secondary N) is 3. The summed E-state index contributed by atoms with van der Waals surface area (Å²) in [6.45, 7) is 0.678. The average Bonchev–Trinajstić information content (AvgIpc) is 2.44. The molecule has 0 radical (unpaired) electrons. The van der Waals surface area contributed by atoms with Crippen LogP contribution in [-0.2, 0) is 20.8 Å². The van der Waals surface area contributed by atoms with Crippen LogP contribution in [0, 0.1) is 0 Å². The van der Waals surface area contributed by atoms with E-state index in [1.54, 1.807) is 0 Å². The molecule has 0 saturated heterocycles. The van der Waals surface area contributed by atoms with Gasteiger partial charge in [0.05, 0.1) is 0 Å². The van der Waals surface area contributed by atoms with Crippen molar-refractivity contribution in [1.82, 2.24) is 16.0 Å². The maximum atomic E-state index is 11.9. The molecule has 19 heavy (non-hydrogen) atoms. The highest BCUT2D eigenvalue weighted by molar-refractivity contribution is 5.83. The van der Waals surface area contributed by atoms with E-state index in [0.717, 1.165) is 5.56 Å². The van der Waals surface area contributed by atoms with Gasteiger partial charge in [-0.3, -0.25) is 14.4 Å². The van der Waals surface area contributed by atoms with E-state index in [1.165, 1.54) is 0 Å². The van der Waals surface area contributed by atoms with Gasteiger partial charge < -0.3 is 16.0 Å². The Hall–Kier alpha value is -2.37. The Bertz CT molecular complexity index is 409. The molecule has 0 spiro atoms. The number of rotatable bonds is 9. The second kappa shape index (κ2) is 8.68. The summed E-state index contributed by atoms with van der Waals surface area (Å²) in [6.07, 6.45) is 1.50. The lowest BCUT2D eigenvalue weighted by molar-refractivity contribution is -0.125. The van der Waals surface area contributed by atoms with E-state index in [4.69, 9.17) is 0 Å². The minimum atomic E-state index is -0.615. The van der Waals surface area contributed by atoms with Crippen molar-refractivity contribution in [1.29, 1.82) is 0 Å². The molecule has 6 heteroatoms. The fraction of sp³-hybridized carbons (Fsp3) is 0.308. The Balaban J connectivity index is 2.49. The zero-order chi connectivity index (χ0) is 13.9. The zero-order valence-electron chi connectivity index (χ0n) is 10.5. The van der Waals surface area contributed by atoms with Crippen LogP contribution in [0.1, 0.15) is 5.56 Å². The molecule has 102 valence electrons. The molecule has 1 rings (SSSR count). The van der Waals surface area contributed by atoms with E-state index in [-0.39, 0.29) is 5.91 Å². The van der Waals surface area contributed by atoms with Gasteiger partial charge in [0.2, 0.25) is 18.7 Å². The third-order valence-electron chi connectivity index (χ3n) is 2.52. The Kier molecular flexibility index (Phi) is 6.71. The summed E-state index contributed by atoms with van der Waals surface area (Å²) in [5.74, 6) is -0.274. The highest BCUT2D eigenvalue weighted by Gasteiger charge is 2.17. The van der Waals surface area contributed by atoms with Gasteiger partial charge in [-0.15, -0.1) is 0 Å². The average molecular weight is 263 g/mol. The Morgan fingerprint density at radius 1 is 1.11 bits per heavy atom. The molecule has 0 fully saturated rings. The number of amides is 3. The van der Waals surface area contributed by atoms with Gasteiger partial charge in [-0.25, -0.2) is 0 Å². The van der Waals surface area contributed by atoms with Crippen molar-refractivity contribution in [2.75, 3.05) is 13.1 Å². The molecular weight excluding hydrogens is 246 g/mol. The van der Waals surface area contributed by atoms with Crippen molar-refractivity contribution in [2.24, 2.45) is 0 Å². The van der Waals surface area contributed by atoms with E-state index in [1.807, 2.05) is 30.3 Å². The molecule has 3 N–H and O–H groups in total. The fourth-order valence-electron chi connectivity index (χ4n) is 1.60. The predicted octanol–water partition coefficient (Wildman–Crippen LogP) is -0.794. The lowest BCUT2D eigenvalue weighted by atomic mass is 10.1. The van der Waals surface area contributed by atoms with E-state index in [0.29, 0.717) is 32.3 Å². The number of carbonyl (C=O) groups excluding carboxylic acids is 3. The van der Waals surface area contributed by atoms with Crippen molar-refractivity contribution in [3.05, 3.63) is 35.9 Å². The first kappa shape index (κ1) is 14.7. The standard InChI is InChI=1S/C13H17N3O3/c17-9-14-6-7-15-13(19)12(16-10-18)8-11-4-2-1-3-5-11/h1-5,9-10,12H,6-8H2,(H,14,17)(H,15,19)(H,16,18)/t12-/m1/s1. The molecule has 0 aliphatic heterocycles. The van der Waals surface area contributed by atoms with E-state index < -0.39 is 6.04 Å². The van der Waals surface area contributed by atoms with Crippen LogP contribution in [-0.4, -0.2) is 37.9 Å². The smallest absolute Gasteiger partial charge is 0.242 e. The fourth-order valence-corrected chi connectivity index (χ4v) is 1.60. The molecule has 0 heterocycles. The first-order chi connectivity index (χ1) is 9.27. The summed E-state index contributed by atoms with van der Waals surface area (Å²) in [7, 11) is 0. The maximum Gasteiger partial charge on any atom is 0.242 e. The van der Waals surface area contributed by atoms with Gasteiger partial charge in [-0.05, 0) is 5.56 Å². The Labute approximate surface area is 111 Å². The molecule has 0 bridgehead atoms. The molecule has 3 amide bonds. The summed E-state index contributed by atoms with van der Waals surface area (Å²) in [6, 6.07) is 8.80. The second-order valence-electron chi connectivity index (χ2n) is 3.89. The first-order valence-electron chi connectivity index (χ1n) is 5.96. The molecule has 1 aromatic rings. The lowest BCUT2D eigenvalue weighted by Crippen LogP contribution is -2.46. The van der Waals surface area contributed by atoms with Crippen molar-refractivity contribution in [2.45, 2.75) is 12.5 Å². The molecule has 0 saturated carbocycles. The minimum absolute atomic E-state index is 0.274. The van der Waals surface area contributed by atoms with E-state index in [2.05, 4.69) is 16.0 Å². The molecular formula is C13H17N3O3. The van der Waals surface area contributed by atoms with Crippen LogP contribution in [0.15, 0.2) is 30.3 Å². The van der Waals surface area contributed by atoms with Crippen LogP contribution in [0.4, 0.5) is 0 Å². The molecule has 1 atom stereocenters. The van der Waals surface area contributed by atoms with Crippen LogP contribution in [0.25, 0.3) is 0 Å². The monoisotopic (exact) mass is 263 g/mol. The molecule has 0 aliphatic rings. The maximum absolute atomic E-state index is 11.9. The number of hydrogen-bond donors (Lipinski definition) is 3. The zero-order valence-corrected chi connectivity index (χ0v) is 10.5. The van der Waals surface area contributed by atoms with Gasteiger partial charge in [0, 0.05) is 19.5 Å². The van der Waals surface area contributed by atoms with Crippen LogP contribution < -0.4 is 16.0 Å². The summed E-state index contributed by atoms with van der Waals surface area (Å²) < 4.78 is 0. The quantitative estimate of drug-likeness (QED) is 0.403. The van der Waals surface area contributed by atoms with Gasteiger partial charge in [0.25, 0.3) is 0 Å². The second-order valence-corrected chi connectivity index (χ2v) is 3.89. The predicted molar refractivity (Wildman–Crippen MR) is 70.2 cm³/mol. The summed E-state index contributed by atoms with van der Waals surface area (Å²) >= 11 is 0. The van der Waals surface area contributed by atoms with E-state index in [9.17, 15) is 14.4 Å². The van der Waals surface area contributed by atoms with Crippen LogP contribution in [0.3, 0.4) is 0 Å². The minimum Gasteiger partial charge on any atom is -0.357 e. The highest BCUT2D eigenvalue weighted by atomic mass is 16.2. The van der Waals surface area contributed by atoms with E-state index >= 15 is 0 Å². The van der Waals surface area contributed by atoms with Gasteiger partial charge in [-0.1, -0.05) is 30.3 Å². The number of hydrogen-bond acceptors (Lipinski definition) is 3. The van der Waals surface area contributed by atoms with Gasteiger partial charge in [0.15, 0.2) is 0 Å². The van der Waals surface area contributed by atoms with Crippen molar-refractivity contribution in [3.63, 3.8) is 0 Å². The molecule has 0 aliphatic carbocycles. The summed E-state index contributed by atoms with van der Waals surface area (Å²) in [5.41, 5.74) is 0.961. The van der Waals surface area contributed by atoms with Crippen LogP contribution in [0.5, 0.6) is 0 Å². The Morgan fingerprint density at radius 3 is 2.47 bits per heavy atom. The molecule has 6 nitrogen and oxygen atoms in total. The third kappa shape index (κ3) is 5.67. The van der Waals surface area contributed by atoms with Crippen LogP contribution >= 0.6 is 0 Å². The summed E-state index contributed by atoms with van der Waals surface area (Å²) in [4.78, 5) is 32.4. The molecule has 0 unspecified atom stereocenters.